The molecule has 184 valence electrons. The van der Waals surface area contributed by atoms with Crippen molar-refractivity contribution in [2.75, 3.05) is 75.7 Å². The number of aryl methyl sites for hydroxylation is 1. The Morgan fingerprint density at radius 1 is 0.824 bits per heavy atom. The van der Waals surface area contributed by atoms with Gasteiger partial charge in [0.05, 0.1) is 27.0 Å². The Morgan fingerprint density at radius 2 is 1.47 bits per heavy atom. The number of carbonyl (C=O) groups is 1. The van der Waals surface area contributed by atoms with Crippen LogP contribution in [0.15, 0.2) is 18.2 Å². The van der Waals surface area contributed by atoms with Crippen molar-refractivity contribution in [3.05, 3.63) is 23.9 Å². The van der Waals surface area contributed by atoms with Crippen LogP contribution in [0.2, 0.25) is 0 Å². The van der Waals surface area contributed by atoms with E-state index < -0.39 is 0 Å². The lowest BCUT2D eigenvalue weighted by Crippen LogP contribution is -2.50. The molecule has 4 rings (SSSR count). The van der Waals surface area contributed by atoms with Gasteiger partial charge in [-0.2, -0.15) is 4.98 Å². The molecule has 1 aromatic heterocycles. The molecule has 0 unspecified atom stereocenters. The summed E-state index contributed by atoms with van der Waals surface area (Å²) >= 11 is 0. The van der Waals surface area contributed by atoms with E-state index in [-0.39, 0.29) is 6.03 Å². The smallest absolute Gasteiger partial charge is 0.321 e. The highest BCUT2D eigenvalue weighted by Crippen LogP contribution is 2.40. The molecule has 1 N–H and O–H groups in total. The van der Waals surface area contributed by atoms with Gasteiger partial charge in [0, 0.05) is 63.2 Å². The number of nitrogens with one attached hydrogen (secondary N) is 1. The number of piperazine rings is 1. The quantitative estimate of drug-likeness (QED) is 0.688. The standard InChI is InChI=1S/C24H34N6O4/c1-17-14-21(27-23(25-17)29-8-6-5-7-9-29)28-10-12-30(13-11-28)24(31)26-18-15-19(32-2)22(34-4)20(16-18)33-3/h14-16H,5-13H2,1-4H3,(H,26,31). The molecule has 0 bridgehead atoms. The zero-order valence-corrected chi connectivity index (χ0v) is 20.5. The number of rotatable bonds is 6. The van der Waals surface area contributed by atoms with Crippen LogP contribution in [0.4, 0.5) is 22.2 Å². The summed E-state index contributed by atoms with van der Waals surface area (Å²) in [6.07, 6.45) is 3.65. The number of hydrogen-bond donors (Lipinski definition) is 1. The van der Waals surface area contributed by atoms with E-state index >= 15 is 0 Å². The zero-order chi connectivity index (χ0) is 24.1. The molecule has 2 aliphatic heterocycles. The monoisotopic (exact) mass is 470 g/mol. The molecule has 2 saturated heterocycles. The summed E-state index contributed by atoms with van der Waals surface area (Å²) in [5, 5.41) is 2.95. The number of piperidine rings is 1. The van der Waals surface area contributed by atoms with Crippen molar-refractivity contribution < 1.29 is 19.0 Å². The summed E-state index contributed by atoms with van der Waals surface area (Å²) in [6.45, 7) is 6.64. The Balaban J connectivity index is 1.39. The van der Waals surface area contributed by atoms with Gasteiger partial charge in [-0.25, -0.2) is 9.78 Å². The van der Waals surface area contributed by atoms with Gasteiger partial charge >= 0.3 is 6.03 Å². The van der Waals surface area contributed by atoms with Gasteiger partial charge in [-0.05, 0) is 26.2 Å². The minimum absolute atomic E-state index is 0.165. The van der Waals surface area contributed by atoms with Crippen LogP contribution in [0.5, 0.6) is 17.2 Å². The number of methoxy groups -OCH3 is 3. The predicted molar refractivity (Wildman–Crippen MR) is 132 cm³/mol. The van der Waals surface area contributed by atoms with Crippen molar-refractivity contribution in [1.29, 1.82) is 0 Å². The Bertz CT molecular complexity index is 978. The fraction of sp³-hybridized carbons (Fsp3) is 0.542. The molecular formula is C24H34N6O4. The molecule has 0 radical (unpaired) electrons. The normalized spacial score (nSPS) is 16.3. The maximum atomic E-state index is 12.9. The number of nitrogens with zero attached hydrogens (tertiary/aromatic N) is 5. The second kappa shape index (κ2) is 10.7. The lowest BCUT2D eigenvalue weighted by Gasteiger charge is -2.36. The van der Waals surface area contributed by atoms with Crippen molar-refractivity contribution in [1.82, 2.24) is 14.9 Å². The van der Waals surface area contributed by atoms with Gasteiger partial charge in [0.2, 0.25) is 11.7 Å². The van der Waals surface area contributed by atoms with Crippen LogP contribution in [0, 0.1) is 6.92 Å². The van der Waals surface area contributed by atoms with E-state index in [1.807, 2.05) is 13.0 Å². The van der Waals surface area contributed by atoms with Gasteiger partial charge in [-0.15, -0.1) is 0 Å². The van der Waals surface area contributed by atoms with Crippen LogP contribution in [0.3, 0.4) is 0 Å². The Kier molecular flexibility index (Phi) is 7.44. The molecule has 2 aromatic rings. The number of amides is 2. The first-order chi connectivity index (χ1) is 16.5. The topological polar surface area (TPSA) is 92.3 Å². The summed E-state index contributed by atoms with van der Waals surface area (Å²) < 4.78 is 16.1. The second-order valence-electron chi connectivity index (χ2n) is 8.53. The van der Waals surface area contributed by atoms with Gasteiger partial charge in [-0.1, -0.05) is 0 Å². The van der Waals surface area contributed by atoms with Crippen molar-refractivity contribution in [2.24, 2.45) is 0 Å². The van der Waals surface area contributed by atoms with Crippen LogP contribution < -0.4 is 29.3 Å². The number of hydrogen-bond acceptors (Lipinski definition) is 8. The van der Waals surface area contributed by atoms with Crippen LogP contribution in [-0.4, -0.2) is 81.5 Å². The molecule has 0 atom stereocenters. The summed E-state index contributed by atoms with van der Waals surface area (Å²) in [5.74, 6) is 3.21. The van der Waals surface area contributed by atoms with Crippen molar-refractivity contribution in [3.63, 3.8) is 0 Å². The first-order valence-electron chi connectivity index (χ1n) is 11.7. The van der Waals surface area contributed by atoms with E-state index in [0.29, 0.717) is 49.1 Å². The average Bonchev–Trinajstić information content (AvgIpc) is 2.88. The van der Waals surface area contributed by atoms with Crippen molar-refractivity contribution in [2.45, 2.75) is 26.2 Å². The van der Waals surface area contributed by atoms with Crippen LogP contribution >= 0.6 is 0 Å². The number of benzene rings is 1. The third-order valence-electron chi connectivity index (χ3n) is 6.27. The van der Waals surface area contributed by atoms with E-state index in [2.05, 4.69) is 20.1 Å². The SMILES string of the molecule is COc1cc(NC(=O)N2CCN(c3cc(C)nc(N4CCCCC4)n3)CC2)cc(OC)c1OC. The third-order valence-corrected chi connectivity index (χ3v) is 6.27. The maximum Gasteiger partial charge on any atom is 0.321 e. The number of anilines is 3. The van der Waals surface area contributed by atoms with Crippen molar-refractivity contribution >= 4 is 23.5 Å². The van der Waals surface area contributed by atoms with Gasteiger partial charge in [0.25, 0.3) is 0 Å². The van der Waals surface area contributed by atoms with E-state index in [1.165, 1.54) is 19.3 Å². The van der Waals surface area contributed by atoms with E-state index in [9.17, 15) is 4.79 Å². The summed E-state index contributed by atoms with van der Waals surface area (Å²) in [6, 6.07) is 5.31. The number of aromatic nitrogens is 2. The minimum Gasteiger partial charge on any atom is -0.493 e. The van der Waals surface area contributed by atoms with Crippen molar-refractivity contribution in [3.8, 4) is 17.2 Å². The van der Waals surface area contributed by atoms with Gasteiger partial charge in [0.1, 0.15) is 5.82 Å². The third kappa shape index (κ3) is 5.21. The molecule has 3 heterocycles. The average molecular weight is 471 g/mol. The Morgan fingerprint density at radius 3 is 2.06 bits per heavy atom. The summed E-state index contributed by atoms with van der Waals surface area (Å²) in [7, 11) is 4.65. The second-order valence-corrected chi connectivity index (χ2v) is 8.53. The largest absolute Gasteiger partial charge is 0.493 e. The number of carbonyl (C=O) groups excluding carboxylic acids is 1. The Hall–Kier alpha value is -3.43. The Labute approximate surface area is 200 Å². The van der Waals surface area contributed by atoms with Crippen LogP contribution in [-0.2, 0) is 0 Å². The molecule has 10 nitrogen and oxygen atoms in total. The van der Waals surface area contributed by atoms with Gasteiger partial charge < -0.3 is 34.2 Å². The molecule has 34 heavy (non-hydrogen) atoms. The van der Waals surface area contributed by atoms with E-state index in [0.717, 1.165) is 30.5 Å². The zero-order valence-electron chi connectivity index (χ0n) is 20.5. The highest BCUT2D eigenvalue weighted by molar-refractivity contribution is 5.90. The molecule has 2 amide bonds. The molecular weight excluding hydrogens is 436 g/mol. The predicted octanol–water partition coefficient (Wildman–Crippen LogP) is 3.16. The van der Waals surface area contributed by atoms with Crippen LogP contribution in [0.25, 0.3) is 0 Å². The fourth-order valence-corrected chi connectivity index (χ4v) is 4.43. The molecule has 0 spiro atoms. The lowest BCUT2D eigenvalue weighted by molar-refractivity contribution is 0.208. The molecule has 0 aliphatic carbocycles. The minimum atomic E-state index is -0.165. The summed E-state index contributed by atoms with van der Waals surface area (Å²) in [5.41, 5.74) is 1.55. The molecule has 2 fully saturated rings. The highest BCUT2D eigenvalue weighted by Gasteiger charge is 2.24. The molecule has 2 aliphatic rings. The number of ether oxygens (including phenoxy) is 3. The van der Waals surface area contributed by atoms with Crippen LogP contribution in [0.1, 0.15) is 25.0 Å². The fourth-order valence-electron chi connectivity index (χ4n) is 4.43. The molecule has 10 heteroatoms. The van der Waals surface area contributed by atoms with Gasteiger partial charge in [-0.3, -0.25) is 0 Å². The first-order valence-corrected chi connectivity index (χ1v) is 11.7. The summed E-state index contributed by atoms with van der Waals surface area (Å²) in [4.78, 5) is 28.8. The molecule has 0 saturated carbocycles. The first kappa shape index (κ1) is 23.7. The van der Waals surface area contributed by atoms with E-state index in [1.54, 1.807) is 38.4 Å². The molecule has 1 aromatic carbocycles. The van der Waals surface area contributed by atoms with E-state index in [4.69, 9.17) is 19.2 Å². The lowest BCUT2D eigenvalue weighted by atomic mass is 10.1. The number of urea groups is 1. The highest BCUT2D eigenvalue weighted by atomic mass is 16.5. The maximum absolute atomic E-state index is 12.9. The van der Waals surface area contributed by atoms with Gasteiger partial charge in [0.15, 0.2) is 11.5 Å².